The molecule has 2 N–H and O–H groups in total. The van der Waals surface area contributed by atoms with Crippen LogP contribution in [-0.2, 0) is 12.8 Å². The molecule has 0 unspecified atom stereocenters. The van der Waals surface area contributed by atoms with Crippen LogP contribution in [0, 0.1) is 0 Å². The highest BCUT2D eigenvalue weighted by atomic mass is 35.5. The SMILES string of the molecule is Cl.NN1c2ccccc2CCc2ccccc21. The van der Waals surface area contributed by atoms with Crippen LogP contribution < -0.4 is 10.9 Å². The van der Waals surface area contributed by atoms with E-state index in [1.165, 1.54) is 11.1 Å². The first-order valence-electron chi connectivity index (χ1n) is 5.57. The molecule has 1 aliphatic rings. The maximum Gasteiger partial charge on any atom is 0.0607 e. The van der Waals surface area contributed by atoms with E-state index in [-0.39, 0.29) is 12.4 Å². The maximum absolute atomic E-state index is 6.19. The molecule has 3 heteroatoms. The number of anilines is 2. The summed E-state index contributed by atoms with van der Waals surface area (Å²) in [6.45, 7) is 0. The van der Waals surface area contributed by atoms with E-state index in [0.717, 1.165) is 24.2 Å². The lowest BCUT2D eigenvalue weighted by molar-refractivity contribution is 0.977. The summed E-state index contributed by atoms with van der Waals surface area (Å²) in [6.07, 6.45) is 2.11. The molecule has 2 nitrogen and oxygen atoms in total. The van der Waals surface area contributed by atoms with Crippen molar-refractivity contribution in [3.05, 3.63) is 59.7 Å². The Balaban J connectivity index is 0.00000108. The van der Waals surface area contributed by atoms with Gasteiger partial charge in [-0.25, -0.2) is 5.84 Å². The number of halogens is 1. The van der Waals surface area contributed by atoms with Crippen LogP contribution in [0.5, 0.6) is 0 Å². The fourth-order valence-corrected chi connectivity index (χ4v) is 2.31. The van der Waals surface area contributed by atoms with Crippen LogP contribution in [0.1, 0.15) is 11.1 Å². The number of fused-ring (bicyclic) bond motifs is 2. The second-order valence-corrected chi connectivity index (χ2v) is 4.13. The Kier molecular flexibility index (Phi) is 3.36. The fraction of sp³-hybridized carbons (Fsp3) is 0.143. The second kappa shape index (κ2) is 4.78. The van der Waals surface area contributed by atoms with Crippen molar-refractivity contribution >= 4 is 23.8 Å². The van der Waals surface area contributed by atoms with Crippen LogP contribution in [0.15, 0.2) is 48.5 Å². The van der Waals surface area contributed by atoms with Crippen LogP contribution in [0.4, 0.5) is 11.4 Å². The third-order valence-corrected chi connectivity index (χ3v) is 3.17. The van der Waals surface area contributed by atoms with Crippen molar-refractivity contribution in [2.75, 3.05) is 5.01 Å². The molecule has 0 aliphatic carbocycles. The summed E-state index contributed by atoms with van der Waals surface area (Å²) in [7, 11) is 0. The molecule has 3 rings (SSSR count). The highest BCUT2D eigenvalue weighted by Crippen LogP contribution is 2.32. The Morgan fingerprint density at radius 2 is 1.18 bits per heavy atom. The molecule has 0 saturated heterocycles. The van der Waals surface area contributed by atoms with Gasteiger partial charge in [0.1, 0.15) is 0 Å². The second-order valence-electron chi connectivity index (χ2n) is 4.13. The molecule has 2 aromatic carbocycles. The molecule has 0 radical (unpaired) electrons. The van der Waals surface area contributed by atoms with Gasteiger partial charge in [0, 0.05) is 0 Å². The lowest BCUT2D eigenvalue weighted by Gasteiger charge is -2.20. The number of nitrogens with zero attached hydrogens (tertiary/aromatic N) is 1. The zero-order chi connectivity index (χ0) is 11.0. The van der Waals surface area contributed by atoms with Gasteiger partial charge in [-0.3, -0.25) is 5.01 Å². The van der Waals surface area contributed by atoms with Gasteiger partial charge in [0.25, 0.3) is 0 Å². The third kappa shape index (κ3) is 2.02. The predicted molar refractivity (Wildman–Crippen MR) is 73.9 cm³/mol. The molecule has 0 amide bonds. The summed E-state index contributed by atoms with van der Waals surface area (Å²) in [5.41, 5.74) is 4.88. The van der Waals surface area contributed by atoms with Crippen molar-refractivity contribution in [3.63, 3.8) is 0 Å². The van der Waals surface area contributed by atoms with Crippen LogP contribution >= 0.6 is 12.4 Å². The number of nitrogens with two attached hydrogens (primary N) is 1. The quantitative estimate of drug-likeness (QED) is 0.724. The summed E-state index contributed by atoms with van der Waals surface area (Å²) < 4.78 is 0. The molecule has 0 saturated carbocycles. The molecule has 1 aliphatic heterocycles. The molecule has 88 valence electrons. The van der Waals surface area contributed by atoms with Crippen molar-refractivity contribution in [1.29, 1.82) is 0 Å². The van der Waals surface area contributed by atoms with Gasteiger partial charge >= 0.3 is 0 Å². The minimum atomic E-state index is 0. The number of hydrogen-bond donors (Lipinski definition) is 1. The van der Waals surface area contributed by atoms with Crippen LogP contribution in [-0.4, -0.2) is 0 Å². The molecule has 1 heterocycles. The molecule has 17 heavy (non-hydrogen) atoms. The van der Waals surface area contributed by atoms with Gasteiger partial charge in [-0.1, -0.05) is 36.4 Å². The molecule has 0 spiro atoms. The molecule has 0 aromatic heterocycles. The number of rotatable bonds is 0. The standard InChI is InChI=1S/C14H14N2.ClH/c15-16-13-7-3-1-5-11(13)9-10-12-6-2-4-8-14(12)16;/h1-8H,9-10,15H2;1H. The number of hydrazine groups is 1. The summed E-state index contributed by atoms with van der Waals surface area (Å²) in [5, 5.41) is 1.80. The zero-order valence-electron chi connectivity index (χ0n) is 9.47. The van der Waals surface area contributed by atoms with Crippen LogP contribution in [0.25, 0.3) is 0 Å². The monoisotopic (exact) mass is 246 g/mol. The summed E-state index contributed by atoms with van der Waals surface area (Å²) in [4.78, 5) is 0. The molecular formula is C14H15ClN2. The van der Waals surface area contributed by atoms with Gasteiger partial charge in [-0.15, -0.1) is 12.4 Å². The predicted octanol–water partition coefficient (Wildman–Crippen LogP) is 3.22. The smallest absolute Gasteiger partial charge is 0.0607 e. The Labute approximate surface area is 107 Å². The van der Waals surface area contributed by atoms with Crippen molar-refractivity contribution in [2.24, 2.45) is 5.84 Å². The Bertz CT molecular complexity index is 478. The first-order chi connectivity index (χ1) is 7.86. The van der Waals surface area contributed by atoms with Crippen LogP contribution in [0.2, 0.25) is 0 Å². The van der Waals surface area contributed by atoms with Gasteiger partial charge in [0.05, 0.1) is 11.4 Å². The zero-order valence-corrected chi connectivity index (χ0v) is 10.3. The third-order valence-electron chi connectivity index (χ3n) is 3.17. The average Bonchev–Trinajstić information content (AvgIpc) is 2.49. The fourth-order valence-electron chi connectivity index (χ4n) is 2.31. The number of aryl methyl sites for hydroxylation is 2. The topological polar surface area (TPSA) is 29.3 Å². The first-order valence-corrected chi connectivity index (χ1v) is 5.57. The number of para-hydroxylation sites is 2. The Morgan fingerprint density at radius 3 is 1.65 bits per heavy atom. The van der Waals surface area contributed by atoms with Crippen LogP contribution in [0.3, 0.4) is 0 Å². The largest absolute Gasteiger partial charge is 0.279 e. The van der Waals surface area contributed by atoms with E-state index < -0.39 is 0 Å². The minimum Gasteiger partial charge on any atom is -0.279 e. The van der Waals surface area contributed by atoms with Gasteiger partial charge < -0.3 is 0 Å². The highest BCUT2D eigenvalue weighted by Gasteiger charge is 2.16. The normalized spacial score (nSPS) is 13.1. The van der Waals surface area contributed by atoms with Crippen molar-refractivity contribution < 1.29 is 0 Å². The lowest BCUT2D eigenvalue weighted by atomic mass is 10.0. The summed E-state index contributed by atoms with van der Waals surface area (Å²) in [5.74, 6) is 6.19. The van der Waals surface area contributed by atoms with Crippen molar-refractivity contribution in [3.8, 4) is 0 Å². The first kappa shape index (κ1) is 12.0. The number of hydrogen-bond acceptors (Lipinski definition) is 2. The van der Waals surface area contributed by atoms with Gasteiger partial charge in [-0.05, 0) is 36.1 Å². The lowest BCUT2D eigenvalue weighted by Crippen LogP contribution is -2.25. The van der Waals surface area contributed by atoms with E-state index >= 15 is 0 Å². The molecular weight excluding hydrogens is 232 g/mol. The number of benzene rings is 2. The van der Waals surface area contributed by atoms with Crippen molar-refractivity contribution in [1.82, 2.24) is 0 Å². The molecule has 0 bridgehead atoms. The van der Waals surface area contributed by atoms with E-state index in [0.29, 0.717) is 0 Å². The van der Waals surface area contributed by atoms with E-state index in [9.17, 15) is 0 Å². The Hall–Kier alpha value is -1.51. The maximum atomic E-state index is 6.19. The van der Waals surface area contributed by atoms with Gasteiger partial charge in [0.15, 0.2) is 0 Å². The van der Waals surface area contributed by atoms with E-state index in [4.69, 9.17) is 5.84 Å². The molecule has 2 aromatic rings. The summed E-state index contributed by atoms with van der Waals surface area (Å²) >= 11 is 0. The summed E-state index contributed by atoms with van der Waals surface area (Å²) in [6, 6.07) is 16.7. The van der Waals surface area contributed by atoms with Gasteiger partial charge in [0.2, 0.25) is 0 Å². The van der Waals surface area contributed by atoms with E-state index in [1.807, 2.05) is 12.1 Å². The highest BCUT2D eigenvalue weighted by molar-refractivity contribution is 5.85. The molecule has 0 fully saturated rings. The van der Waals surface area contributed by atoms with E-state index in [2.05, 4.69) is 36.4 Å². The Morgan fingerprint density at radius 1 is 0.765 bits per heavy atom. The van der Waals surface area contributed by atoms with Crippen molar-refractivity contribution in [2.45, 2.75) is 12.8 Å². The molecule has 0 atom stereocenters. The average molecular weight is 247 g/mol. The minimum absolute atomic E-state index is 0. The van der Waals surface area contributed by atoms with Gasteiger partial charge in [-0.2, -0.15) is 0 Å². The van der Waals surface area contributed by atoms with E-state index in [1.54, 1.807) is 5.01 Å².